The normalized spacial score (nSPS) is 10.3. The molecule has 0 unspecified atom stereocenters. The summed E-state index contributed by atoms with van der Waals surface area (Å²) in [6, 6.07) is 2.76. The van der Waals surface area contributed by atoms with Gasteiger partial charge < -0.3 is 4.74 Å². The Bertz CT molecular complexity index is 528. The zero-order chi connectivity index (χ0) is 10.8. The fraction of sp³-hybridized carbons (Fsp3) is 0.100. The Kier molecular flexibility index (Phi) is 2.29. The van der Waals surface area contributed by atoms with E-state index in [1.54, 1.807) is 0 Å². The van der Waals surface area contributed by atoms with Crippen molar-refractivity contribution in [2.45, 2.75) is 0 Å². The highest BCUT2D eigenvalue weighted by molar-refractivity contribution is 5.99. The monoisotopic (exact) mass is 207 g/mol. The molecular formula is C10H8FN2O2+. The van der Waals surface area contributed by atoms with Gasteiger partial charge in [0.05, 0.1) is 7.11 Å². The summed E-state index contributed by atoms with van der Waals surface area (Å²) in [5, 5.41) is 0. The smallest absolute Gasteiger partial charge is 0.344 e. The van der Waals surface area contributed by atoms with E-state index in [1.165, 1.54) is 25.4 Å². The molecule has 0 spiro atoms. The summed E-state index contributed by atoms with van der Waals surface area (Å²) in [4.78, 5) is 18.0. The van der Waals surface area contributed by atoms with Crippen molar-refractivity contribution in [2.75, 3.05) is 7.11 Å². The summed E-state index contributed by atoms with van der Waals surface area (Å²) >= 11 is 0. The van der Waals surface area contributed by atoms with Gasteiger partial charge in [-0.1, -0.05) is 0 Å². The van der Waals surface area contributed by atoms with Crippen LogP contribution in [0.1, 0.15) is 10.4 Å². The molecule has 0 amide bonds. The lowest BCUT2D eigenvalue weighted by molar-refractivity contribution is -0.347. The van der Waals surface area contributed by atoms with E-state index in [2.05, 4.69) is 14.7 Å². The number of methoxy groups -OCH3 is 1. The van der Waals surface area contributed by atoms with Gasteiger partial charge in [-0.3, -0.25) is 0 Å². The Morgan fingerprint density at radius 2 is 2.40 bits per heavy atom. The highest BCUT2D eigenvalue weighted by atomic mass is 19.1. The first-order chi connectivity index (χ1) is 7.22. The first-order valence-electron chi connectivity index (χ1n) is 4.26. The van der Waals surface area contributed by atoms with Crippen LogP contribution in [0.25, 0.3) is 11.0 Å². The predicted octanol–water partition coefficient (Wildman–Crippen LogP) is 0.975. The molecule has 0 aliphatic heterocycles. The summed E-state index contributed by atoms with van der Waals surface area (Å²) in [6.45, 7) is 0. The second kappa shape index (κ2) is 3.61. The number of pyridine rings is 2. The van der Waals surface area contributed by atoms with Crippen LogP contribution in [0.2, 0.25) is 0 Å². The number of aromatic amines is 1. The quantitative estimate of drug-likeness (QED) is 0.655. The van der Waals surface area contributed by atoms with Gasteiger partial charge in [-0.05, 0) is 6.07 Å². The van der Waals surface area contributed by atoms with Crippen LogP contribution in [-0.4, -0.2) is 18.1 Å². The molecule has 0 atom stereocenters. The minimum Gasteiger partial charge on any atom is -0.465 e. The Morgan fingerprint density at radius 3 is 3.13 bits per heavy atom. The van der Waals surface area contributed by atoms with E-state index >= 15 is 0 Å². The maximum atomic E-state index is 12.9. The fourth-order valence-electron chi connectivity index (χ4n) is 1.33. The molecule has 2 rings (SSSR count). The molecule has 0 aliphatic rings. The molecule has 76 valence electrons. The third-order valence-electron chi connectivity index (χ3n) is 2.01. The molecular weight excluding hydrogens is 199 g/mol. The second-order valence-corrected chi connectivity index (χ2v) is 2.93. The van der Waals surface area contributed by atoms with Crippen molar-refractivity contribution >= 4 is 17.0 Å². The van der Waals surface area contributed by atoms with Crippen molar-refractivity contribution in [2.24, 2.45) is 0 Å². The number of carbonyl (C=O) groups is 1. The first-order valence-corrected chi connectivity index (χ1v) is 4.26. The first kappa shape index (κ1) is 9.51. The molecule has 0 aliphatic carbocycles. The number of hydrogen-bond acceptors (Lipinski definition) is 3. The van der Waals surface area contributed by atoms with Crippen LogP contribution < -0.4 is 4.98 Å². The molecule has 0 radical (unpaired) electrons. The predicted molar refractivity (Wildman–Crippen MR) is 49.6 cm³/mol. The standard InChI is InChI=1S/C10H7FN2O2/c1-15-10(14)7-2-3-12-8-4-6(11)5-13-9(7)8/h2-5H,1H3/p+1. The summed E-state index contributed by atoms with van der Waals surface area (Å²) < 4.78 is 17.5. The number of H-pyrrole nitrogens is 1. The van der Waals surface area contributed by atoms with E-state index in [-0.39, 0.29) is 0 Å². The molecule has 2 aromatic heterocycles. The molecule has 0 saturated heterocycles. The zero-order valence-corrected chi connectivity index (χ0v) is 7.95. The number of carbonyl (C=O) groups excluding carboxylic acids is 1. The SMILES string of the molecule is COC(=O)c1ccnc2cc(F)c[nH+]c12. The second-order valence-electron chi connectivity index (χ2n) is 2.93. The van der Waals surface area contributed by atoms with Gasteiger partial charge >= 0.3 is 5.97 Å². The zero-order valence-electron chi connectivity index (χ0n) is 7.95. The van der Waals surface area contributed by atoms with Crippen molar-refractivity contribution in [1.29, 1.82) is 0 Å². The van der Waals surface area contributed by atoms with Crippen molar-refractivity contribution in [3.05, 3.63) is 35.9 Å². The average molecular weight is 207 g/mol. The van der Waals surface area contributed by atoms with E-state index in [0.717, 1.165) is 6.20 Å². The van der Waals surface area contributed by atoms with Gasteiger partial charge in [0.2, 0.25) is 11.7 Å². The number of ether oxygens (including phenoxy) is 1. The number of fused-ring (bicyclic) bond motifs is 1. The van der Waals surface area contributed by atoms with Crippen molar-refractivity contribution in [3.8, 4) is 0 Å². The maximum Gasteiger partial charge on any atom is 0.344 e. The van der Waals surface area contributed by atoms with Gasteiger partial charge in [-0.15, -0.1) is 0 Å². The van der Waals surface area contributed by atoms with E-state index in [1.807, 2.05) is 0 Å². The van der Waals surface area contributed by atoms with Crippen molar-refractivity contribution in [3.63, 3.8) is 0 Å². The lowest BCUT2D eigenvalue weighted by Gasteiger charge is -1.98. The van der Waals surface area contributed by atoms with Gasteiger partial charge in [0, 0.05) is 12.3 Å². The van der Waals surface area contributed by atoms with Crippen LogP contribution in [0.4, 0.5) is 4.39 Å². The number of nitrogens with one attached hydrogen (secondary N) is 1. The summed E-state index contributed by atoms with van der Waals surface area (Å²) in [5.74, 6) is -0.915. The molecule has 15 heavy (non-hydrogen) atoms. The average Bonchev–Trinajstić information content (AvgIpc) is 2.26. The van der Waals surface area contributed by atoms with Crippen molar-refractivity contribution < 1.29 is 18.9 Å². The molecule has 0 saturated carbocycles. The summed E-state index contributed by atoms with van der Waals surface area (Å²) in [7, 11) is 1.29. The molecule has 4 nitrogen and oxygen atoms in total. The number of esters is 1. The Morgan fingerprint density at radius 1 is 1.60 bits per heavy atom. The Hall–Kier alpha value is -2.04. The van der Waals surface area contributed by atoms with E-state index < -0.39 is 11.8 Å². The van der Waals surface area contributed by atoms with Crippen molar-refractivity contribution in [1.82, 2.24) is 4.98 Å². The van der Waals surface area contributed by atoms with Gasteiger partial charge in [-0.2, -0.15) is 0 Å². The van der Waals surface area contributed by atoms with Gasteiger partial charge in [0.15, 0.2) is 5.82 Å². The van der Waals surface area contributed by atoms with Crippen LogP contribution in [-0.2, 0) is 4.74 Å². The van der Waals surface area contributed by atoms with Gasteiger partial charge in [0.1, 0.15) is 11.1 Å². The topological polar surface area (TPSA) is 53.3 Å². The number of aromatic nitrogens is 2. The van der Waals surface area contributed by atoms with E-state index in [4.69, 9.17) is 0 Å². The number of rotatable bonds is 1. The molecule has 0 aromatic carbocycles. The molecule has 0 bridgehead atoms. The van der Waals surface area contributed by atoms with Crippen LogP contribution in [0.5, 0.6) is 0 Å². The Labute approximate surface area is 84.7 Å². The van der Waals surface area contributed by atoms with Gasteiger partial charge in [0.25, 0.3) is 0 Å². The fourth-order valence-corrected chi connectivity index (χ4v) is 1.33. The number of nitrogens with zero attached hydrogens (tertiary/aromatic N) is 1. The number of halogens is 1. The highest BCUT2D eigenvalue weighted by Gasteiger charge is 2.16. The maximum absolute atomic E-state index is 12.9. The molecule has 0 fully saturated rings. The lowest BCUT2D eigenvalue weighted by Crippen LogP contribution is -2.12. The largest absolute Gasteiger partial charge is 0.465 e. The third kappa shape index (κ3) is 1.63. The molecule has 5 heteroatoms. The summed E-state index contributed by atoms with van der Waals surface area (Å²) in [6.07, 6.45) is 2.60. The van der Waals surface area contributed by atoms with Crippen LogP contribution in [0.3, 0.4) is 0 Å². The van der Waals surface area contributed by atoms with Gasteiger partial charge in [-0.25, -0.2) is 19.2 Å². The van der Waals surface area contributed by atoms with E-state index in [0.29, 0.717) is 16.6 Å². The van der Waals surface area contributed by atoms with Crippen LogP contribution in [0, 0.1) is 5.82 Å². The minimum atomic E-state index is -0.481. The highest BCUT2D eigenvalue weighted by Crippen LogP contribution is 2.12. The summed E-state index contributed by atoms with van der Waals surface area (Å²) in [5.41, 5.74) is 1.19. The number of hydrogen-bond donors (Lipinski definition) is 0. The third-order valence-corrected chi connectivity index (χ3v) is 2.01. The lowest BCUT2D eigenvalue weighted by atomic mass is 10.2. The van der Waals surface area contributed by atoms with Crippen LogP contribution >= 0.6 is 0 Å². The van der Waals surface area contributed by atoms with Crippen LogP contribution in [0.15, 0.2) is 24.5 Å². The molecule has 1 N–H and O–H groups in total. The minimum absolute atomic E-state index is 0.336. The van der Waals surface area contributed by atoms with E-state index in [9.17, 15) is 9.18 Å². The molecule has 2 heterocycles. The molecule has 2 aromatic rings. The Balaban J connectivity index is 2.71.